The van der Waals surface area contributed by atoms with Crippen LogP contribution in [0.2, 0.25) is 0 Å². The van der Waals surface area contributed by atoms with Crippen molar-refractivity contribution >= 4 is 69.1 Å². The number of para-hydroxylation sites is 1. The van der Waals surface area contributed by atoms with Gasteiger partial charge in [0.1, 0.15) is 16.7 Å². The Balaban J connectivity index is 1.16. The molecular formula is C38H30N4O4S3. The number of hydrogen-bond donors (Lipinski definition) is 3. The molecule has 6 aromatic rings. The fourth-order valence-electron chi connectivity index (χ4n) is 4.79. The molecule has 1 atom stereocenters. The molecule has 8 nitrogen and oxygen atoms in total. The molecule has 244 valence electrons. The third-order valence-electron chi connectivity index (χ3n) is 7.18. The van der Waals surface area contributed by atoms with E-state index in [1.54, 1.807) is 49.6 Å². The first-order chi connectivity index (χ1) is 24.0. The van der Waals surface area contributed by atoms with Crippen molar-refractivity contribution in [2.45, 2.75) is 10.1 Å². The Bertz CT molecular complexity index is 2060. The van der Waals surface area contributed by atoms with E-state index in [2.05, 4.69) is 20.9 Å². The average Bonchev–Trinajstić information content (AvgIpc) is 3.84. The number of benzene rings is 4. The highest BCUT2D eigenvalue weighted by molar-refractivity contribution is 8.00. The van der Waals surface area contributed by atoms with Crippen LogP contribution in [0.4, 0.5) is 10.8 Å². The maximum Gasteiger partial charge on any atom is 0.272 e. The summed E-state index contributed by atoms with van der Waals surface area (Å²) in [5.41, 5.74) is 3.49. The second kappa shape index (κ2) is 16.1. The SMILES string of the molecule is COc1ccccc1-c1csc(NC(=O)C(Sc2ccc(NC(=O)/C(=C/c3cccs3)NC(=O)c3ccccc3)cc2)c2ccccc2)n1. The smallest absolute Gasteiger partial charge is 0.272 e. The molecule has 1 unspecified atom stereocenters. The van der Waals surface area contributed by atoms with E-state index in [0.717, 1.165) is 20.9 Å². The summed E-state index contributed by atoms with van der Waals surface area (Å²) in [6.07, 6.45) is 1.65. The van der Waals surface area contributed by atoms with Crippen molar-refractivity contribution in [2.75, 3.05) is 17.7 Å². The largest absolute Gasteiger partial charge is 0.496 e. The minimum Gasteiger partial charge on any atom is -0.496 e. The number of anilines is 2. The normalized spacial score (nSPS) is 11.7. The Morgan fingerprint density at radius 1 is 0.796 bits per heavy atom. The van der Waals surface area contributed by atoms with E-state index in [4.69, 9.17) is 4.74 Å². The highest BCUT2D eigenvalue weighted by Gasteiger charge is 2.24. The number of ether oxygens (including phenoxy) is 1. The van der Waals surface area contributed by atoms with Crippen molar-refractivity contribution in [1.82, 2.24) is 10.3 Å². The van der Waals surface area contributed by atoms with Crippen LogP contribution in [0.5, 0.6) is 5.75 Å². The van der Waals surface area contributed by atoms with Gasteiger partial charge in [-0.1, -0.05) is 66.7 Å². The molecule has 0 radical (unpaired) electrons. The number of carbonyl (C=O) groups excluding carboxylic acids is 3. The van der Waals surface area contributed by atoms with Gasteiger partial charge in [-0.15, -0.1) is 34.4 Å². The van der Waals surface area contributed by atoms with Gasteiger partial charge in [-0.3, -0.25) is 14.4 Å². The topological polar surface area (TPSA) is 109 Å². The second-order valence-corrected chi connectivity index (χ2v) is 13.5. The summed E-state index contributed by atoms with van der Waals surface area (Å²) in [7, 11) is 1.61. The number of nitrogens with zero attached hydrogens (tertiary/aromatic N) is 1. The van der Waals surface area contributed by atoms with Gasteiger partial charge in [0.2, 0.25) is 5.91 Å². The van der Waals surface area contributed by atoms with Gasteiger partial charge in [-0.05, 0) is 71.6 Å². The molecule has 0 aliphatic rings. The van der Waals surface area contributed by atoms with E-state index in [0.29, 0.717) is 27.8 Å². The summed E-state index contributed by atoms with van der Waals surface area (Å²) in [6, 6.07) is 36.8. The van der Waals surface area contributed by atoms with Gasteiger partial charge in [-0.25, -0.2) is 4.98 Å². The second-order valence-electron chi connectivity index (χ2n) is 10.5. The molecule has 6 rings (SSSR count). The maximum atomic E-state index is 13.7. The van der Waals surface area contributed by atoms with Gasteiger partial charge in [0, 0.05) is 32.0 Å². The zero-order valence-corrected chi connectivity index (χ0v) is 28.6. The fourth-order valence-corrected chi connectivity index (χ4v) is 7.19. The maximum absolute atomic E-state index is 13.7. The van der Waals surface area contributed by atoms with Crippen molar-refractivity contribution in [1.29, 1.82) is 0 Å². The number of carbonyl (C=O) groups is 3. The lowest BCUT2D eigenvalue weighted by Gasteiger charge is -2.17. The van der Waals surface area contributed by atoms with Crippen LogP contribution >= 0.6 is 34.4 Å². The summed E-state index contributed by atoms with van der Waals surface area (Å²) >= 11 is 4.19. The zero-order chi connectivity index (χ0) is 34.0. The van der Waals surface area contributed by atoms with Crippen LogP contribution in [-0.4, -0.2) is 29.8 Å². The number of methoxy groups -OCH3 is 1. The first-order valence-corrected chi connectivity index (χ1v) is 17.7. The molecule has 3 amide bonds. The van der Waals surface area contributed by atoms with Crippen LogP contribution in [0.25, 0.3) is 17.3 Å². The Kier molecular flexibility index (Phi) is 11.0. The lowest BCUT2D eigenvalue weighted by molar-refractivity contribution is -0.116. The minimum atomic E-state index is -0.575. The first kappa shape index (κ1) is 33.4. The van der Waals surface area contributed by atoms with Gasteiger partial charge < -0.3 is 20.7 Å². The predicted octanol–water partition coefficient (Wildman–Crippen LogP) is 8.76. The van der Waals surface area contributed by atoms with Crippen LogP contribution in [0, 0.1) is 0 Å². The molecule has 49 heavy (non-hydrogen) atoms. The number of thioether (sulfide) groups is 1. The van der Waals surface area contributed by atoms with E-state index in [1.165, 1.54) is 34.4 Å². The van der Waals surface area contributed by atoms with E-state index in [1.807, 2.05) is 95.7 Å². The fraction of sp³-hybridized carbons (Fsp3) is 0.0526. The van der Waals surface area contributed by atoms with Gasteiger partial charge in [0.15, 0.2) is 5.13 Å². The highest BCUT2D eigenvalue weighted by atomic mass is 32.2. The number of amides is 3. The lowest BCUT2D eigenvalue weighted by Crippen LogP contribution is -2.30. The molecule has 0 bridgehead atoms. The van der Waals surface area contributed by atoms with Crippen LogP contribution in [-0.2, 0) is 9.59 Å². The van der Waals surface area contributed by atoms with Gasteiger partial charge in [-0.2, -0.15) is 0 Å². The molecule has 2 aromatic heterocycles. The standard InChI is InChI=1S/C38H30N4O4S3/c1-46-33-17-9-8-16-30(33)32-24-48-38(41-32)42-37(45)34(25-11-4-2-5-12-25)49-28-20-18-27(19-21-28)39-36(44)31(23-29-15-10-22-47-29)40-35(43)26-13-6-3-7-14-26/h2-24,34H,1H3,(H,39,44)(H,40,43)(H,41,42,45)/b31-23-. The summed E-state index contributed by atoms with van der Waals surface area (Å²) in [5, 5.41) is 12.3. The molecule has 4 aromatic carbocycles. The third kappa shape index (κ3) is 8.71. The monoisotopic (exact) mass is 702 g/mol. The van der Waals surface area contributed by atoms with Crippen molar-refractivity contribution in [3.63, 3.8) is 0 Å². The molecular weight excluding hydrogens is 673 g/mol. The van der Waals surface area contributed by atoms with Crippen molar-refractivity contribution in [3.05, 3.63) is 154 Å². The number of hydrogen-bond acceptors (Lipinski definition) is 8. The lowest BCUT2D eigenvalue weighted by atomic mass is 10.1. The Hall–Kier alpha value is -5.49. The Morgan fingerprint density at radius 3 is 2.22 bits per heavy atom. The average molecular weight is 703 g/mol. The van der Waals surface area contributed by atoms with Crippen molar-refractivity contribution in [3.8, 4) is 17.0 Å². The van der Waals surface area contributed by atoms with Gasteiger partial charge >= 0.3 is 0 Å². The molecule has 11 heteroatoms. The van der Waals surface area contributed by atoms with E-state index in [-0.39, 0.29) is 17.5 Å². The molecule has 0 aliphatic heterocycles. The summed E-state index contributed by atoms with van der Waals surface area (Å²) in [6.45, 7) is 0. The molecule has 0 aliphatic carbocycles. The first-order valence-electron chi connectivity index (χ1n) is 15.1. The van der Waals surface area contributed by atoms with Gasteiger partial charge in [0.25, 0.3) is 11.8 Å². The Morgan fingerprint density at radius 2 is 1.51 bits per heavy atom. The number of rotatable bonds is 12. The third-order valence-corrected chi connectivity index (χ3v) is 10.0. The minimum absolute atomic E-state index is 0.117. The van der Waals surface area contributed by atoms with Crippen molar-refractivity contribution < 1.29 is 19.1 Å². The molecule has 2 heterocycles. The van der Waals surface area contributed by atoms with Gasteiger partial charge in [0.05, 0.1) is 12.8 Å². The highest BCUT2D eigenvalue weighted by Crippen LogP contribution is 2.38. The molecule has 0 saturated carbocycles. The quantitative estimate of drug-likeness (QED) is 0.0869. The van der Waals surface area contributed by atoms with E-state index < -0.39 is 11.2 Å². The zero-order valence-electron chi connectivity index (χ0n) is 26.2. The van der Waals surface area contributed by atoms with Crippen LogP contribution in [0.3, 0.4) is 0 Å². The molecule has 3 N–H and O–H groups in total. The van der Waals surface area contributed by atoms with Crippen LogP contribution < -0.4 is 20.7 Å². The summed E-state index contributed by atoms with van der Waals surface area (Å²) in [4.78, 5) is 46.3. The van der Waals surface area contributed by atoms with E-state index >= 15 is 0 Å². The Labute approximate surface area is 295 Å². The number of nitrogens with one attached hydrogen (secondary N) is 3. The molecule has 0 saturated heterocycles. The number of thiazole rings is 1. The molecule has 0 spiro atoms. The summed E-state index contributed by atoms with van der Waals surface area (Å²) in [5.74, 6) is -0.360. The summed E-state index contributed by atoms with van der Waals surface area (Å²) < 4.78 is 5.48. The predicted molar refractivity (Wildman–Crippen MR) is 199 cm³/mol. The van der Waals surface area contributed by atoms with Crippen LogP contribution in [0.1, 0.15) is 26.0 Å². The molecule has 0 fully saturated rings. The number of aromatic nitrogens is 1. The number of thiophene rings is 1. The van der Waals surface area contributed by atoms with E-state index in [9.17, 15) is 14.4 Å². The van der Waals surface area contributed by atoms with Crippen molar-refractivity contribution in [2.24, 2.45) is 0 Å². The van der Waals surface area contributed by atoms with Crippen LogP contribution in [0.15, 0.2) is 143 Å².